The Morgan fingerprint density at radius 1 is 1.34 bits per heavy atom. The van der Waals surface area contributed by atoms with E-state index < -0.39 is 69.5 Å². The van der Waals surface area contributed by atoms with Crippen molar-refractivity contribution in [1.82, 2.24) is 0 Å². The Morgan fingerprint density at radius 2 is 2.00 bits per heavy atom. The summed E-state index contributed by atoms with van der Waals surface area (Å²) >= 11 is 3.92. The third-order valence-corrected chi connectivity index (χ3v) is 9.08. The maximum atomic E-state index is 17.3. The smallest absolute Gasteiger partial charge is 0.305 e. The topological polar surface area (TPSA) is 80.7 Å². The highest BCUT2D eigenvalue weighted by Crippen LogP contribution is 2.70. The van der Waals surface area contributed by atoms with E-state index in [1.54, 1.807) is 6.92 Å². The summed E-state index contributed by atoms with van der Waals surface area (Å²) in [6, 6.07) is 0. The molecule has 4 aliphatic carbocycles. The van der Waals surface area contributed by atoms with Gasteiger partial charge in [0.1, 0.15) is 12.3 Å². The Bertz CT molecular complexity index is 933. The van der Waals surface area contributed by atoms with Crippen LogP contribution in [0.1, 0.15) is 47.0 Å². The normalized spacial score (nSPS) is 49.6. The molecule has 32 heavy (non-hydrogen) atoms. The van der Waals surface area contributed by atoms with E-state index in [4.69, 9.17) is 4.74 Å². The number of esters is 1. The minimum absolute atomic E-state index is 0.00818. The van der Waals surface area contributed by atoms with Crippen molar-refractivity contribution in [3.63, 3.8) is 0 Å². The number of allylic oxidation sites excluding steroid dienone is 4. The fourth-order valence-corrected chi connectivity index (χ4v) is 7.60. The van der Waals surface area contributed by atoms with E-state index in [-0.39, 0.29) is 24.3 Å². The van der Waals surface area contributed by atoms with Crippen LogP contribution in [0.25, 0.3) is 0 Å². The molecule has 8 heteroatoms. The number of alkyl halides is 2. The van der Waals surface area contributed by atoms with Crippen LogP contribution in [0.3, 0.4) is 0 Å². The van der Waals surface area contributed by atoms with Gasteiger partial charge in [-0.25, -0.2) is 8.78 Å². The maximum absolute atomic E-state index is 17.3. The molecule has 0 aromatic heterocycles. The summed E-state index contributed by atoms with van der Waals surface area (Å²) in [6.45, 7) is 6.89. The highest BCUT2D eigenvalue weighted by Gasteiger charge is 2.76. The van der Waals surface area contributed by atoms with Crippen molar-refractivity contribution in [2.75, 3.05) is 0 Å². The number of halogens is 2. The van der Waals surface area contributed by atoms with Gasteiger partial charge in [-0.15, -0.1) is 12.6 Å². The molecule has 176 valence electrons. The number of thiol groups is 1. The number of ketones is 1. The molecule has 0 aromatic rings. The van der Waals surface area contributed by atoms with Crippen molar-refractivity contribution in [3.05, 3.63) is 23.8 Å². The van der Waals surface area contributed by atoms with Gasteiger partial charge in [-0.2, -0.15) is 0 Å². The van der Waals surface area contributed by atoms with Crippen LogP contribution in [-0.2, 0) is 19.1 Å². The van der Waals surface area contributed by atoms with Gasteiger partial charge in [-0.1, -0.05) is 26.8 Å². The second kappa shape index (κ2) is 7.49. The van der Waals surface area contributed by atoms with E-state index >= 15 is 8.78 Å². The number of aliphatic hydroxyl groups excluding tert-OH is 1. The first-order valence-electron chi connectivity index (χ1n) is 11.2. The predicted octanol–water partition coefficient (Wildman–Crippen LogP) is 3.56. The summed E-state index contributed by atoms with van der Waals surface area (Å²) in [7, 11) is 0. The minimum Gasteiger partial charge on any atom is -0.461 e. The molecule has 3 saturated carbocycles. The number of carbonyl (C=O) groups is 3. The summed E-state index contributed by atoms with van der Waals surface area (Å²) < 4.78 is 39.0. The lowest BCUT2D eigenvalue weighted by molar-refractivity contribution is -0.224. The quantitative estimate of drug-likeness (QED) is 0.489. The summed E-state index contributed by atoms with van der Waals surface area (Å²) in [5.41, 5.74) is -4.95. The number of rotatable bonds is 3. The van der Waals surface area contributed by atoms with Crippen molar-refractivity contribution in [1.29, 1.82) is 0 Å². The van der Waals surface area contributed by atoms with Gasteiger partial charge in [-0.3, -0.25) is 14.4 Å². The first-order valence-corrected chi connectivity index (χ1v) is 11.7. The molecule has 0 heterocycles. The molecule has 0 amide bonds. The number of carbonyl (C=O) groups excluding carboxylic acids is 3. The zero-order valence-corrected chi connectivity index (χ0v) is 19.6. The third kappa shape index (κ3) is 2.87. The van der Waals surface area contributed by atoms with E-state index in [0.29, 0.717) is 6.42 Å². The van der Waals surface area contributed by atoms with E-state index in [1.807, 2.05) is 13.8 Å². The minimum atomic E-state index is -2.39. The Morgan fingerprint density at radius 3 is 2.59 bits per heavy atom. The highest BCUT2D eigenvalue weighted by atomic mass is 32.1. The van der Waals surface area contributed by atoms with E-state index in [2.05, 4.69) is 12.6 Å². The van der Waals surface area contributed by atoms with E-state index in [0.717, 1.165) is 6.08 Å². The van der Waals surface area contributed by atoms with Gasteiger partial charge >= 0.3 is 5.97 Å². The molecule has 4 rings (SSSR count). The SMILES string of the molecule is CCC(=O)O[C@@H]1[C@H](C)C[C@H]2[C@@H]3[C@@H](C(=O)S)[C@H](F)C4=CC(=O)C=C[C@]4(C)[C@@]3(F)[C@@H](O)C[C@]12C. The molecule has 0 saturated heterocycles. The van der Waals surface area contributed by atoms with Crippen LogP contribution >= 0.6 is 12.6 Å². The number of fused-ring (bicyclic) bond motifs is 5. The number of hydrogen-bond acceptors (Lipinski definition) is 5. The molecule has 0 unspecified atom stereocenters. The van der Waals surface area contributed by atoms with Gasteiger partial charge in [0, 0.05) is 23.2 Å². The summed E-state index contributed by atoms with van der Waals surface area (Å²) in [4.78, 5) is 36.7. The van der Waals surface area contributed by atoms with Gasteiger partial charge in [0.2, 0.25) is 0 Å². The molecular weight excluding hydrogens is 438 g/mol. The Labute approximate surface area is 192 Å². The first-order chi connectivity index (χ1) is 14.8. The van der Waals surface area contributed by atoms with Crippen LogP contribution in [0.4, 0.5) is 8.78 Å². The zero-order chi connectivity index (χ0) is 23.8. The fourth-order valence-electron chi connectivity index (χ4n) is 7.30. The van der Waals surface area contributed by atoms with Crippen LogP contribution in [0, 0.1) is 34.5 Å². The highest BCUT2D eigenvalue weighted by molar-refractivity contribution is 7.96. The van der Waals surface area contributed by atoms with Crippen molar-refractivity contribution in [3.8, 4) is 0 Å². The number of hydrogen-bond donors (Lipinski definition) is 2. The Hall–Kier alpha value is -1.54. The Balaban J connectivity index is 1.90. The molecule has 3 fully saturated rings. The fraction of sp³-hybridized carbons (Fsp3) is 0.708. The molecule has 10 atom stereocenters. The molecule has 0 aromatic carbocycles. The maximum Gasteiger partial charge on any atom is 0.305 e. The molecule has 1 N–H and O–H groups in total. The second-order valence-corrected chi connectivity index (χ2v) is 10.8. The summed E-state index contributed by atoms with van der Waals surface area (Å²) in [6.07, 6.45) is 0.124. The average Bonchev–Trinajstić information content (AvgIpc) is 2.95. The molecule has 4 aliphatic rings. The lowest BCUT2D eigenvalue weighted by Gasteiger charge is -2.63. The molecule has 5 nitrogen and oxygen atoms in total. The summed E-state index contributed by atoms with van der Waals surface area (Å²) in [5.74, 6) is -4.21. The first kappa shape index (κ1) is 23.6. The number of ether oxygens (including phenoxy) is 1. The third-order valence-electron chi connectivity index (χ3n) is 8.78. The largest absolute Gasteiger partial charge is 0.461 e. The lowest BCUT2D eigenvalue weighted by Crippen LogP contribution is -2.71. The second-order valence-electron chi connectivity index (χ2n) is 10.4. The molecular formula is C24H30F2O5S. The van der Waals surface area contributed by atoms with E-state index in [9.17, 15) is 19.5 Å². The van der Waals surface area contributed by atoms with Crippen LogP contribution in [0.15, 0.2) is 23.8 Å². The van der Waals surface area contributed by atoms with Crippen LogP contribution in [-0.4, -0.2) is 46.0 Å². The average molecular weight is 469 g/mol. The van der Waals surface area contributed by atoms with Gasteiger partial charge < -0.3 is 9.84 Å². The van der Waals surface area contributed by atoms with E-state index in [1.165, 1.54) is 19.1 Å². The van der Waals surface area contributed by atoms with Crippen molar-refractivity contribution < 1.29 is 33.0 Å². The predicted molar refractivity (Wildman–Crippen MR) is 116 cm³/mol. The monoisotopic (exact) mass is 468 g/mol. The van der Waals surface area contributed by atoms with Crippen LogP contribution in [0.2, 0.25) is 0 Å². The number of aliphatic hydroxyl groups is 1. The lowest BCUT2D eigenvalue weighted by atomic mass is 9.43. The molecule has 0 spiro atoms. The van der Waals surface area contributed by atoms with Gasteiger partial charge in [0.15, 0.2) is 16.6 Å². The van der Waals surface area contributed by atoms with Crippen LogP contribution in [0.5, 0.6) is 0 Å². The standard InChI is InChI=1S/C24H30F2O5S/c1-5-16(29)31-20-11(2)8-13-18-17(21(30)32)19(25)14-9-12(27)6-7-23(14,4)24(18,26)15(28)10-22(13,20)3/h6-7,9,11,13,15,17-20,28H,5,8,10H2,1-4H3,(H,30,32)/t11-,13+,15+,17-,18-,19-,20-,22+,23+,24-/m1/s1. The van der Waals surface area contributed by atoms with Gasteiger partial charge in [0.25, 0.3) is 0 Å². The van der Waals surface area contributed by atoms with Crippen molar-refractivity contribution in [2.45, 2.75) is 71.0 Å². The van der Waals surface area contributed by atoms with Crippen LogP contribution < -0.4 is 0 Å². The summed E-state index contributed by atoms with van der Waals surface area (Å²) in [5, 5.41) is 10.5. The molecule has 0 radical (unpaired) electrons. The Kier molecular flexibility index (Phi) is 5.52. The molecule has 0 aliphatic heterocycles. The van der Waals surface area contributed by atoms with Crippen molar-refractivity contribution in [2.24, 2.45) is 34.5 Å². The van der Waals surface area contributed by atoms with Crippen molar-refractivity contribution >= 4 is 29.5 Å². The zero-order valence-electron chi connectivity index (χ0n) is 18.7. The molecule has 0 bridgehead atoms. The van der Waals surface area contributed by atoms with Gasteiger partial charge in [-0.05, 0) is 49.3 Å². The van der Waals surface area contributed by atoms with Gasteiger partial charge in [0.05, 0.1) is 12.0 Å².